The van der Waals surface area contributed by atoms with Crippen LogP contribution in [0.15, 0.2) is 12.7 Å². The minimum absolute atomic E-state index is 0. The van der Waals surface area contributed by atoms with E-state index in [2.05, 4.69) is 13.5 Å². The standard InChI is InChI=1S/C23H38F2O.H2O.2H2/c1-3-4-15-26-21-14-13-20(22(24)23(21)25)19-11-9-18(10-12-19)17-7-5-16(2)6-8-17;;;/h3,16-23H,1,4-15H2,2H3;1H2;2*1H. The van der Waals surface area contributed by atoms with E-state index in [0.717, 1.165) is 37.0 Å². The van der Waals surface area contributed by atoms with Crippen molar-refractivity contribution in [2.45, 2.75) is 96.0 Å². The van der Waals surface area contributed by atoms with Crippen LogP contribution in [0.5, 0.6) is 0 Å². The van der Waals surface area contributed by atoms with Crippen LogP contribution < -0.4 is 0 Å². The minimum atomic E-state index is -1.45. The third kappa shape index (κ3) is 5.76. The predicted octanol–water partition coefficient (Wildman–Crippen LogP) is 6.33. The van der Waals surface area contributed by atoms with Crippen molar-refractivity contribution in [3.8, 4) is 0 Å². The fraction of sp³-hybridized carbons (Fsp3) is 0.913. The Kier molecular flexibility index (Phi) is 9.21. The van der Waals surface area contributed by atoms with Gasteiger partial charge in [-0.05, 0) is 87.4 Å². The molecule has 0 aromatic rings. The average molecular weight is 391 g/mol. The van der Waals surface area contributed by atoms with E-state index >= 15 is 0 Å². The lowest BCUT2D eigenvalue weighted by Gasteiger charge is -2.43. The second-order valence-corrected chi connectivity index (χ2v) is 9.31. The van der Waals surface area contributed by atoms with Gasteiger partial charge in [-0.3, -0.25) is 0 Å². The van der Waals surface area contributed by atoms with Crippen molar-refractivity contribution in [3.63, 3.8) is 0 Å². The zero-order chi connectivity index (χ0) is 18.5. The highest BCUT2D eigenvalue weighted by molar-refractivity contribution is 4.94. The molecule has 3 fully saturated rings. The molecule has 0 bridgehead atoms. The van der Waals surface area contributed by atoms with Gasteiger partial charge in [0.05, 0.1) is 12.7 Å². The molecule has 0 amide bonds. The third-order valence-corrected chi connectivity index (χ3v) is 7.66. The Morgan fingerprint density at radius 3 is 2.00 bits per heavy atom. The van der Waals surface area contributed by atoms with Gasteiger partial charge < -0.3 is 10.2 Å². The zero-order valence-electron chi connectivity index (χ0n) is 17.1. The minimum Gasteiger partial charge on any atom is -0.412 e. The molecule has 3 aliphatic carbocycles. The second-order valence-electron chi connectivity index (χ2n) is 9.31. The van der Waals surface area contributed by atoms with Crippen molar-refractivity contribution in [1.29, 1.82) is 0 Å². The van der Waals surface area contributed by atoms with E-state index < -0.39 is 18.4 Å². The summed E-state index contributed by atoms with van der Waals surface area (Å²) in [6.07, 6.45) is 10.8. The molecule has 0 aliphatic heterocycles. The number of hydrogen-bond acceptors (Lipinski definition) is 1. The maximum Gasteiger partial charge on any atom is 0.157 e. The van der Waals surface area contributed by atoms with Gasteiger partial charge in [-0.25, -0.2) is 8.78 Å². The van der Waals surface area contributed by atoms with Crippen molar-refractivity contribution in [1.82, 2.24) is 0 Å². The Labute approximate surface area is 167 Å². The Morgan fingerprint density at radius 2 is 1.41 bits per heavy atom. The summed E-state index contributed by atoms with van der Waals surface area (Å²) >= 11 is 0. The molecule has 4 atom stereocenters. The van der Waals surface area contributed by atoms with Gasteiger partial charge in [0.1, 0.15) is 6.17 Å². The van der Waals surface area contributed by atoms with Crippen LogP contribution in [0, 0.1) is 29.6 Å². The molecule has 0 aromatic heterocycles. The van der Waals surface area contributed by atoms with E-state index in [4.69, 9.17) is 4.74 Å². The molecule has 4 unspecified atom stereocenters. The van der Waals surface area contributed by atoms with E-state index in [9.17, 15) is 8.78 Å². The van der Waals surface area contributed by atoms with Gasteiger partial charge >= 0.3 is 0 Å². The van der Waals surface area contributed by atoms with E-state index in [-0.39, 0.29) is 14.2 Å². The monoisotopic (exact) mass is 390 g/mol. The van der Waals surface area contributed by atoms with Crippen LogP contribution in [0.2, 0.25) is 0 Å². The topological polar surface area (TPSA) is 40.7 Å². The van der Waals surface area contributed by atoms with Gasteiger partial charge in [0, 0.05) is 2.85 Å². The van der Waals surface area contributed by atoms with Crippen molar-refractivity contribution in [3.05, 3.63) is 12.7 Å². The van der Waals surface area contributed by atoms with Gasteiger partial charge in [0.2, 0.25) is 0 Å². The summed E-state index contributed by atoms with van der Waals surface area (Å²) in [5.74, 6) is 2.95. The smallest absolute Gasteiger partial charge is 0.157 e. The van der Waals surface area contributed by atoms with E-state index in [1.165, 1.54) is 38.5 Å². The molecular weight excluding hydrogens is 346 g/mol. The van der Waals surface area contributed by atoms with Crippen LogP contribution in [0.1, 0.15) is 80.4 Å². The highest BCUT2D eigenvalue weighted by Gasteiger charge is 2.45. The summed E-state index contributed by atoms with van der Waals surface area (Å²) in [7, 11) is 0. The molecule has 2 nitrogen and oxygen atoms in total. The fourth-order valence-corrected chi connectivity index (χ4v) is 5.89. The van der Waals surface area contributed by atoms with Gasteiger partial charge in [0.15, 0.2) is 6.17 Å². The van der Waals surface area contributed by atoms with Crippen molar-refractivity contribution < 1.29 is 21.8 Å². The molecule has 0 radical (unpaired) electrons. The summed E-state index contributed by atoms with van der Waals surface area (Å²) in [5.41, 5.74) is 0. The van der Waals surface area contributed by atoms with Crippen LogP contribution in [0.3, 0.4) is 0 Å². The lowest BCUT2D eigenvalue weighted by molar-refractivity contribution is -0.0871. The molecule has 0 heterocycles. The summed E-state index contributed by atoms with van der Waals surface area (Å²) in [6, 6.07) is 0. The molecule has 3 aliphatic rings. The first-order chi connectivity index (χ1) is 12.6. The van der Waals surface area contributed by atoms with Crippen molar-refractivity contribution in [2.24, 2.45) is 29.6 Å². The zero-order valence-corrected chi connectivity index (χ0v) is 17.1. The molecule has 0 spiro atoms. The van der Waals surface area contributed by atoms with Crippen molar-refractivity contribution >= 4 is 0 Å². The van der Waals surface area contributed by atoms with Crippen LogP contribution in [0.25, 0.3) is 0 Å². The van der Waals surface area contributed by atoms with Gasteiger partial charge in [-0.15, -0.1) is 6.58 Å². The maximum absolute atomic E-state index is 14.8. The first-order valence-corrected chi connectivity index (χ1v) is 11.1. The van der Waals surface area contributed by atoms with Crippen LogP contribution in [0.4, 0.5) is 8.78 Å². The highest BCUT2D eigenvalue weighted by Crippen LogP contribution is 2.46. The first-order valence-electron chi connectivity index (χ1n) is 11.1. The average Bonchev–Trinajstić information content (AvgIpc) is 2.66. The first kappa shape index (κ1) is 22.8. The van der Waals surface area contributed by atoms with E-state index in [1.54, 1.807) is 6.08 Å². The SMILES string of the molecule is C=CCCOC1CCC(C2CCC(C3CCC(C)CC3)CC2)C(F)C1F.O.[HH].[HH]. The Bertz CT molecular complexity index is 439. The molecule has 4 heteroatoms. The third-order valence-electron chi connectivity index (χ3n) is 7.66. The fourth-order valence-electron chi connectivity index (χ4n) is 5.89. The lowest BCUT2D eigenvalue weighted by Crippen LogP contribution is -2.46. The highest BCUT2D eigenvalue weighted by atomic mass is 19.2. The molecule has 162 valence electrons. The van der Waals surface area contributed by atoms with Gasteiger partial charge in [-0.1, -0.05) is 25.8 Å². The number of hydrogen-bond donors (Lipinski definition) is 0. The number of halogens is 2. The van der Waals surface area contributed by atoms with Crippen molar-refractivity contribution in [2.75, 3.05) is 6.61 Å². The number of rotatable bonds is 6. The molecule has 0 aromatic carbocycles. The van der Waals surface area contributed by atoms with Crippen LogP contribution >= 0.6 is 0 Å². The molecule has 3 saturated carbocycles. The predicted molar refractivity (Wildman–Crippen MR) is 111 cm³/mol. The molecule has 2 N–H and O–H groups in total. The number of ether oxygens (including phenoxy) is 1. The van der Waals surface area contributed by atoms with Gasteiger partial charge in [0.25, 0.3) is 0 Å². The molecule has 0 saturated heterocycles. The van der Waals surface area contributed by atoms with E-state index in [1.807, 2.05) is 0 Å². The summed E-state index contributed by atoms with van der Waals surface area (Å²) < 4.78 is 34.9. The molecular formula is C23H44F2O2. The normalized spacial score (nSPS) is 42.9. The lowest BCUT2D eigenvalue weighted by atomic mass is 9.65. The summed E-state index contributed by atoms with van der Waals surface area (Å²) in [6.45, 7) is 6.48. The largest absolute Gasteiger partial charge is 0.412 e. The number of alkyl halides is 2. The second kappa shape index (κ2) is 10.9. The molecule has 3 rings (SSSR count). The van der Waals surface area contributed by atoms with Gasteiger partial charge in [-0.2, -0.15) is 0 Å². The maximum atomic E-state index is 14.8. The summed E-state index contributed by atoms with van der Waals surface area (Å²) in [4.78, 5) is 0. The Balaban J connectivity index is 0.00000261. The quantitative estimate of drug-likeness (QED) is 0.386. The Morgan fingerprint density at radius 1 is 0.852 bits per heavy atom. The molecule has 27 heavy (non-hydrogen) atoms. The summed E-state index contributed by atoms with van der Waals surface area (Å²) in [5, 5.41) is 0. The van der Waals surface area contributed by atoms with E-state index in [0.29, 0.717) is 25.4 Å². The van der Waals surface area contributed by atoms with Crippen LogP contribution in [-0.2, 0) is 4.74 Å². The Hall–Kier alpha value is -0.480. The van der Waals surface area contributed by atoms with Crippen LogP contribution in [-0.4, -0.2) is 30.5 Å².